The third kappa shape index (κ3) is 8.09. The molecule has 6 atom stereocenters. The molecule has 12 heteroatoms. The van der Waals surface area contributed by atoms with Gasteiger partial charge in [-0.2, -0.15) is 13.0 Å². The van der Waals surface area contributed by atoms with Crippen molar-refractivity contribution < 1.29 is 40.0 Å². The van der Waals surface area contributed by atoms with Crippen LogP contribution in [0, 0.1) is 23.7 Å². The molecule has 2 heterocycles. The predicted molar refractivity (Wildman–Crippen MR) is 170 cm³/mol. The van der Waals surface area contributed by atoms with Crippen LogP contribution in [0.15, 0.2) is 23.6 Å². The number of rotatable bonds is 9. The van der Waals surface area contributed by atoms with Crippen molar-refractivity contribution >= 4 is 26.1 Å². The van der Waals surface area contributed by atoms with Gasteiger partial charge in [-0.3, -0.25) is 4.55 Å². The Kier molecular flexibility index (Phi) is 10.2. The zero-order valence-corrected chi connectivity index (χ0v) is 28.4. The molecule has 4 saturated carbocycles. The second-order valence-corrected chi connectivity index (χ2v) is 17.4. The number of hydrogen-bond acceptors (Lipinski definition) is 8. The predicted octanol–water partition coefficient (Wildman–Crippen LogP) is 5.52. The van der Waals surface area contributed by atoms with E-state index in [0.717, 1.165) is 44.1 Å². The topological polar surface area (TPSA) is 136 Å². The summed E-state index contributed by atoms with van der Waals surface area (Å²) in [7, 11) is -8.86. The fourth-order valence-electron chi connectivity index (χ4n) is 9.53. The van der Waals surface area contributed by atoms with Gasteiger partial charge in [-0.05, 0) is 67.8 Å². The van der Waals surface area contributed by atoms with Crippen molar-refractivity contribution in [2.24, 2.45) is 23.7 Å². The van der Waals surface area contributed by atoms with Gasteiger partial charge < -0.3 is 18.9 Å². The van der Waals surface area contributed by atoms with Crippen molar-refractivity contribution in [3.05, 3.63) is 23.6 Å². The van der Waals surface area contributed by atoms with Gasteiger partial charge in [-0.1, -0.05) is 71.1 Å². The molecule has 5 fully saturated rings. The Morgan fingerprint density at radius 2 is 1.44 bits per heavy atom. The van der Waals surface area contributed by atoms with Crippen LogP contribution in [0.5, 0.6) is 0 Å². The molecule has 0 bridgehead atoms. The van der Waals surface area contributed by atoms with Crippen LogP contribution in [0.25, 0.3) is 0 Å². The summed E-state index contributed by atoms with van der Waals surface area (Å²) in [6.45, 7) is 1.97. The van der Waals surface area contributed by atoms with Crippen LogP contribution in [-0.2, 0) is 29.7 Å². The first-order valence-electron chi connectivity index (χ1n) is 17.5. The maximum Gasteiger partial charge on any atom is 0.364 e. The highest BCUT2D eigenvalue weighted by molar-refractivity contribution is 7.85. The summed E-state index contributed by atoms with van der Waals surface area (Å²) in [4.78, 5) is 1.72. The molecule has 0 spiro atoms. The van der Waals surface area contributed by atoms with Gasteiger partial charge in [0.15, 0.2) is 28.1 Å². The van der Waals surface area contributed by atoms with E-state index in [9.17, 15) is 25.9 Å². The normalized spacial score (nSPS) is 34.9. The van der Waals surface area contributed by atoms with Gasteiger partial charge >= 0.3 is 5.90 Å². The van der Waals surface area contributed by atoms with E-state index in [1.165, 1.54) is 64.2 Å². The summed E-state index contributed by atoms with van der Waals surface area (Å²) in [5, 5.41) is 0. The van der Waals surface area contributed by atoms with Gasteiger partial charge in [-0.25, -0.2) is 8.42 Å². The van der Waals surface area contributed by atoms with Gasteiger partial charge in [0.1, 0.15) is 12.0 Å². The number of ether oxygens (including phenoxy) is 2. The SMILES string of the molecule is CCC(=C/C1=[N+](CS(=O)(=O)[O-])C2CC(C3CCCCC3)CCC2O1)/C=C1\OC2CCC(C3CCCCC3)CC2N1CS(=O)(=O)O. The molecule has 0 aromatic carbocycles. The average molecular weight is 669 g/mol. The molecule has 254 valence electrons. The van der Waals surface area contributed by atoms with E-state index < -0.39 is 32.0 Å². The first-order valence-corrected chi connectivity index (χ1v) is 20.7. The van der Waals surface area contributed by atoms with Crippen molar-refractivity contribution in [2.75, 3.05) is 11.8 Å². The molecule has 1 N–H and O–H groups in total. The fourth-order valence-corrected chi connectivity index (χ4v) is 10.9. The molecule has 0 amide bonds. The summed E-state index contributed by atoms with van der Waals surface area (Å²) in [6.07, 6.45) is 21.8. The Morgan fingerprint density at radius 1 is 0.844 bits per heavy atom. The highest BCUT2D eigenvalue weighted by atomic mass is 32.2. The minimum absolute atomic E-state index is 0.131. The van der Waals surface area contributed by atoms with Gasteiger partial charge in [-0.15, -0.1) is 0 Å². The lowest BCUT2D eigenvalue weighted by molar-refractivity contribution is -0.546. The van der Waals surface area contributed by atoms with E-state index >= 15 is 0 Å². The molecule has 0 aromatic rings. The lowest BCUT2D eigenvalue weighted by Gasteiger charge is -2.38. The van der Waals surface area contributed by atoms with Crippen LogP contribution in [0.3, 0.4) is 0 Å². The van der Waals surface area contributed by atoms with Crippen molar-refractivity contribution in [3.63, 3.8) is 0 Å². The van der Waals surface area contributed by atoms with E-state index in [2.05, 4.69) is 0 Å². The summed E-state index contributed by atoms with van der Waals surface area (Å²) < 4.78 is 85.0. The standard InChI is InChI=1S/C33H52N2O8S2/c1-2-23(17-32-34(21-44(36,37)38)28-19-26(13-15-30(28)42-32)24-9-5-3-6-10-24)18-33-35(22-45(39,40)41)29-20-27(14-16-31(29)43-33)25-11-7-4-8-12-25/h17-18,24-31H,2-16,19-22H2,1H3,(H-,36,37,38,39,40,41). The van der Waals surface area contributed by atoms with E-state index in [1.807, 2.05) is 13.0 Å². The molecule has 10 nitrogen and oxygen atoms in total. The van der Waals surface area contributed by atoms with Gasteiger partial charge in [0, 0.05) is 12.5 Å². The number of hydrogen-bond donors (Lipinski definition) is 1. The second-order valence-electron chi connectivity index (χ2n) is 14.6. The maximum absolute atomic E-state index is 12.2. The van der Waals surface area contributed by atoms with Crippen LogP contribution >= 0.6 is 0 Å². The monoisotopic (exact) mass is 668 g/mol. The first-order chi connectivity index (χ1) is 21.5. The van der Waals surface area contributed by atoms with E-state index in [1.54, 1.807) is 15.6 Å². The summed E-state index contributed by atoms with van der Waals surface area (Å²) in [5.74, 6) is 1.96. The third-order valence-electron chi connectivity index (χ3n) is 11.8. The minimum Gasteiger partial charge on any atom is -0.743 e. The molecule has 1 saturated heterocycles. The lowest BCUT2D eigenvalue weighted by Crippen LogP contribution is -2.43. The quantitative estimate of drug-likeness (QED) is 0.249. The summed E-state index contributed by atoms with van der Waals surface area (Å²) in [5.41, 5.74) is 0.776. The zero-order valence-electron chi connectivity index (χ0n) is 26.7. The maximum atomic E-state index is 12.2. The highest BCUT2D eigenvalue weighted by Crippen LogP contribution is 2.45. The molecule has 6 unspecified atom stereocenters. The molecular formula is C33H52N2O8S2. The number of allylic oxidation sites excluding steroid dienone is 2. The number of nitrogens with zero attached hydrogens (tertiary/aromatic N) is 2. The van der Waals surface area contributed by atoms with E-state index in [-0.39, 0.29) is 24.3 Å². The largest absolute Gasteiger partial charge is 0.743 e. The second kappa shape index (κ2) is 13.8. The van der Waals surface area contributed by atoms with Crippen molar-refractivity contribution in [3.8, 4) is 0 Å². The van der Waals surface area contributed by atoms with E-state index in [4.69, 9.17) is 9.47 Å². The van der Waals surface area contributed by atoms with Crippen molar-refractivity contribution in [1.82, 2.24) is 4.90 Å². The highest BCUT2D eigenvalue weighted by Gasteiger charge is 2.49. The molecule has 0 radical (unpaired) electrons. The first kappa shape index (κ1) is 33.3. The molecule has 0 aromatic heterocycles. The molecule has 45 heavy (non-hydrogen) atoms. The van der Waals surface area contributed by atoms with E-state index in [0.29, 0.717) is 41.9 Å². The van der Waals surface area contributed by atoms with Crippen LogP contribution in [0.1, 0.15) is 116 Å². The van der Waals surface area contributed by atoms with Crippen LogP contribution < -0.4 is 0 Å². The Labute approximate surface area is 269 Å². The smallest absolute Gasteiger partial charge is 0.364 e. The summed E-state index contributed by atoms with van der Waals surface area (Å²) >= 11 is 0. The summed E-state index contributed by atoms with van der Waals surface area (Å²) in [6, 6.07) is -0.293. The fraction of sp³-hybridized carbons (Fsp3) is 0.848. The Balaban J connectivity index is 1.27. The van der Waals surface area contributed by atoms with Gasteiger partial charge in [0.25, 0.3) is 10.1 Å². The van der Waals surface area contributed by atoms with Crippen LogP contribution in [-0.4, -0.2) is 77.4 Å². The van der Waals surface area contributed by atoms with Crippen LogP contribution in [0.4, 0.5) is 0 Å². The van der Waals surface area contributed by atoms with Crippen LogP contribution in [0.2, 0.25) is 0 Å². The molecular weight excluding hydrogens is 617 g/mol. The third-order valence-corrected chi connectivity index (χ3v) is 13.0. The molecule has 6 rings (SSSR count). The Hall–Kier alpha value is -1.63. The molecule has 4 aliphatic carbocycles. The Morgan fingerprint density at radius 3 is 2.02 bits per heavy atom. The lowest BCUT2D eigenvalue weighted by atomic mass is 9.71. The number of fused-ring (bicyclic) bond motifs is 2. The minimum atomic E-state index is -4.55. The van der Waals surface area contributed by atoms with Crippen molar-refractivity contribution in [2.45, 2.75) is 140 Å². The van der Waals surface area contributed by atoms with Crippen molar-refractivity contribution in [1.29, 1.82) is 0 Å². The molecule has 6 aliphatic rings. The van der Waals surface area contributed by atoms with Gasteiger partial charge in [0.05, 0.1) is 12.1 Å². The zero-order chi connectivity index (χ0) is 31.8. The molecule has 2 aliphatic heterocycles. The Bertz CT molecular complexity index is 1380. The van der Waals surface area contributed by atoms with Gasteiger partial charge in [0.2, 0.25) is 5.88 Å². The average Bonchev–Trinajstić information content (AvgIpc) is 3.51.